The van der Waals surface area contributed by atoms with Crippen LogP contribution in [0.5, 0.6) is 0 Å². The summed E-state index contributed by atoms with van der Waals surface area (Å²) >= 11 is 0. The SMILES string of the molecule is C[C@@H]1CCCN(c2ncc3c(n2)CN(Cc2ccccc2)C3=O)C1. The lowest BCUT2D eigenvalue weighted by Gasteiger charge is -2.30. The van der Waals surface area contributed by atoms with Gasteiger partial charge in [-0.1, -0.05) is 37.3 Å². The number of hydrogen-bond donors (Lipinski definition) is 0. The highest BCUT2D eigenvalue weighted by atomic mass is 16.2. The average molecular weight is 322 g/mol. The fourth-order valence-electron chi connectivity index (χ4n) is 3.58. The van der Waals surface area contributed by atoms with Gasteiger partial charge in [-0.25, -0.2) is 9.97 Å². The van der Waals surface area contributed by atoms with E-state index in [0.717, 1.165) is 30.3 Å². The number of anilines is 1. The van der Waals surface area contributed by atoms with Crippen molar-refractivity contribution in [1.29, 1.82) is 0 Å². The zero-order valence-electron chi connectivity index (χ0n) is 14.0. The Balaban J connectivity index is 1.53. The zero-order chi connectivity index (χ0) is 16.5. The van der Waals surface area contributed by atoms with Gasteiger partial charge in [-0.2, -0.15) is 0 Å². The van der Waals surface area contributed by atoms with Gasteiger partial charge in [0.2, 0.25) is 5.95 Å². The third-order valence-electron chi connectivity index (χ3n) is 4.87. The molecule has 124 valence electrons. The minimum atomic E-state index is 0.0346. The molecule has 2 aromatic rings. The van der Waals surface area contributed by atoms with Crippen LogP contribution in [0.4, 0.5) is 5.95 Å². The largest absolute Gasteiger partial charge is 0.341 e. The Kier molecular flexibility index (Phi) is 3.92. The van der Waals surface area contributed by atoms with Crippen molar-refractivity contribution in [2.45, 2.75) is 32.9 Å². The molecule has 1 amide bonds. The molecule has 4 rings (SSSR count). The molecule has 0 bridgehead atoms. The third-order valence-corrected chi connectivity index (χ3v) is 4.87. The zero-order valence-corrected chi connectivity index (χ0v) is 14.0. The van der Waals surface area contributed by atoms with Gasteiger partial charge in [0.15, 0.2) is 0 Å². The third kappa shape index (κ3) is 2.86. The van der Waals surface area contributed by atoms with E-state index in [1.54, 1.807) is 6.20 Å². The van der Waals surface area contributed by atoms with E-state index in [1.165, 1.54) is 12.8 Å². The predicted octanol–water partition coefficient (Wildman–Crippen LogP) is 2.87. The Morgan fingerprint density at radius 2 is 2.08 bits per heavy atom. The first-order valence-electron chi connectivity index (χ1n) is 8.65. The fraction of sp³-hybridized carbons (Fsp3) is 0.421. The van der Waals surface area contributed by atoms with E-state index in [2.05, 4.69) is 16.8 Å². The minimum absolute atomic E-state index is 0.0346. The summed E-state index contributed by atoms with van der Waals surface area (Å²) in [5.41, 5.74) is 2.65. The Hall–Kier alpha value is -2.43. The summed E-state index contributed by atoms with van der Waals surface area (Å²) in [4.78, 5) is 25.8. The number of amides is 1. The molecule has 1 saturated heterocycles. The number of carbonyl (C=O) groups is 1. The van der Waals surface area contributed by atoms with Crippen LogP contribution in [0.2, 0.25) is 0 Å². The summed E-state index contributed by atoms with van der Waals surface area (Å²) in [5.74, 6) is 1.48. The Morgan fingerprint density at radius 3 is 2.88 bits per heavy atom. The predicted molar refractivity (Wildman–Crippen MR) is 92.7 cm³/mol. The van der Waals surface area contributed by atoms with Crippen LogP contribution in [0.1, 0.15) is 41.4 Å². The van der Waals surface area contributed by atoms with Crippen molar-refractivity contribution >= 4 is 11.9 Å². The molecule has 1 atom stereocenters. The van der Waals surface area contributed by atoms with Gasteiger partial charge in [-0.05, 0) is 24.3 Å². The van der Waals surface area contributed by atoms with Crippen LogP contribution in [0, 0.1) is 5.92 Å². The molecule has 1 aromatic heterocycles. The van der Waals surface area contributed by atoms with Gasteiger partial charge in [0, 0.05) is 25.8 Å². The number of benzene rings is 1. The summed E-state index contributed by atoms with van der Waals surface area (Å²) in [6.45, 7) is 5.46. The van der Waals surface area contributed by atoms with Crippen LogP contribution < -0.4 is 4.90 Å². The summed E-state index contributed by atoms with van der Waals surface area (Å²) in [7, 11) is 0. The molecule has 5 nitrogen and oxygen atoms in total. The molecular formula is C19H22N4O. The van der Waals surface area contributed by atoms with Crippen molar-refractivity contribution in [3.63, 3.8) is 0 Å². The van der Waals surface area contributed by atoms with Crippen molar-refractivity contribution in [1.82, 2.24) is 14.9 Å². The summed E-state index contributed by atoms with van der Waals surface area (Å²) in [6, 6.07) is 10.1. The van der Waals surface area contributed by atoms with E-state index in [1.807, 2.05) is 35.2 Å². The van der Waals surface area contributed by atoms with Crippen LogP contribution in [-0.2, 0) is 13.1 Å². The van der Waals surface area contributed by atoms with Gasteiger partial charge in [0.1, 0.15) is 0 Å². The van der Waals surface area contributed by atoms with Gasteiger partial charge in [-0.3, -0.25) is 4.79 Å². The van der Waals surface area contributed by atoms with Crippen molar-refractivity contribution in [3.05, 3.63) is 53.3 Å². The highest BCUT2D eigenvalue weighted by Crippen LogP contribution is 2.26. The Bertz CT molecular complexity index is 746. The first-order chi connectivity index (χ1) is 11.7. The van der Waals surface area contributed by atoms with Crippen molar-refractivity contribution in [2.24, 2.45) is 5.92 Å². The molecule has 0 saturated carbocycles. The molecule has 1 fully saturated rings. The van der Waals surface area contributed by atoms with Crippen molar-refractivity contribution in [2.75, 3.05) is 18.0 Å². The molecule has 24 heavy (non-hydrogen) atoms. The van der Waals surface area contributed by atoms with Gasteiger partial charge in [0.05, 0.1) is 17.8 Å². The van der Waals surface area contributed by atoms with E-state index in [4.69, 9.17) is 4.98 Å². The summed E-state index contributed by atoms with van der Waals surface area (Å²) < 4.78 is 0. The van der Waals surface area contributed by atoms with Gasteiger partial charge >= 0.3 is 0 Å². The number of nitrogens with zero attached hydrogens (tertiary/aromatic N) is 4. The van der Waals surface area contributed by atoms with Crippen LogP contribution in [0.25, 0.3) is 0 Å². The van der Waals surface area contributed by atoms with E-state index in [-0.39, 0.29) is 5.91 Å². The second-order valence-corrected chi connectivity index (χ2v) is 6.87. The van der Waals surface area contributed by atoms with Gasteiger partial charge in [-0.15, -0.1) is 0 Å². The first-order valence-corrected chi connectivity index (χ1v) is 8.65. The molecule has 3 heterocycles. The second-order valence-electron chi connectivity index (χ2n) is 6.87. The topological polar surface area (TPSA) is 49.3 Å². The highest BCUT2D eigenvalue weighted by molar-refractivity contribution is 5.97. The number of hydrogen-bond acceptors (Lipinski definition) is 4. The lowest BCUT2D eigenvalue weighted by atomic mass is 10.0. The number of carbonyl (C=O) groups excluding carboxylic acids is 1. The number of fused-ring (bicyclic) bond motifs is 1. The molecular weight excluding hydrogens is 300 g/mol. The fourth-order valence-corrected chi connectivity index (χ4v) is 3.58. The average Bonchev–Trinajstić information content (AvgIpc) is 2.91. The lowest BCUT2D eigenvalue weighted by molar-refractivity contribution is 0.0766. The minimum Gasteiger partial charge on any atom is -0.341 e. The lowest BCUT2D eigenvalue weighted by Crippen LogP contribution is -2.35. The molecule has 0 spiro atoms. The molecule has 5 heteroatoms. The number of aromatic nitrogens is 2. The quantitative estimate of drug-likeness (QED) is 0.872. The van der Waals surface area contributed by atoms with Gasteiger partial charge in [0.25, 0.3) is 5.91 Å². The summed E-state index contributed by atoms with van der Waals surface area (Å²) in [5, 5.41) is 0. The standard InChI is InChI=1S/C19H22N4O/c1-14-6-5-9-22(11-14)19-20-10-16-17(21-19)13-23(18(16)24)12-15-7-3-2-4-8-15/h2-4,7-8,10,14H,5-6,9,11-13H2,1H3/t14-/m1/s1. The molecule has 1 aromatic carbocycles. The first kappa shape index (κ1) is 15.1. The van der Waals surface area contributed by atoms with Crippen LogP contribution in [-0.4, -0.2) is 33.9 Å². The molecule has 0 aliphatic carbocycles. The maximum Gasteiger partial charge on any atom is 0.258 e. The van der Waals surface area contributed by atoms with E-state index >= 15 is 0 Å². The maximum atomic E-state index is 12.6. The smallest absolute Gasteiger partial charge is 0.258 e. The molecule has 2 aliphatic rings. The second kappa shape index (κ2) is 6.23. The molecule has 2 aliphatic heterocycles. The Morgan fingerprint density at radius 1 is 1.25 bits per heavy atom. The maximum absolute atomic E-state index is 12.6. The van der Waals surface area contributed by atoms with E-state index < -0.39 is 0 Å². The molecule has 0 radical (unpaired) electrons. The van der Waals surface area contributed by atoms with Crippen LogP contribution >= 0.6 is 0 Å². The Labute approximate surface area is 142 Å². The number of piperidine rings is 1. The summed E-state index contributed by atoms with van der Waals surface area (Å²) in [6.07, 6.45) is 4.16. The highest BCUT2D eigenvalue weighted by Gasteiger charge is 2.30. The van der Waals surface area contributed by atoms with Gasteiger partial charge < -0.3 is 9.80 Å². The molecule has 0 unspecified atom stereocenters. The monoisotopic (exact) mass is 322 g/mol. The van der Waals surface area contributed by atoms with E-state index in [9.17, 15) is 4.79 Å². The van der Waals surface area contributed by atoms with Crippen molar-refractivity contribution < 1.29 is 4.79 Å². The number of rotatable bonds is 3. The van der Waals surface area contributed by atoms with Crippen LogP contribution in [0.15, 0.2) is 36.5 Å². The molecule has 0 N–H and O–H groups in total. The van der Waals surface area contributed by atoms with E-state index in [0.29, 0.717) is 24.6 Å². The van der Waals surface area contributed by atoms with Crippen LogP contribution in [0.3, 0.4) is 0 Å². The van der Waals surface area contributed by atoms with Crippen molar-refractivity contribution in [3.8, 4) is 0 Å². The normalized spacial score (nSPS) is 20.4.